The van der Waals surface area contributed by atoms with Gasteiger partial charge in [0.05, 0.1) is 11.3 Å². The highest BCUT2D eigenvalue weighted by Gasteiger charge is 2.20. The first-order chi connectivity index (χ1) is 8.48. The lowest BCUT2D eigenvalue weighted by Crippen LogP contribution is -2.25. The zero-order valence-electron chi connectivity index (χ0n) is 12.5. The van der Waals surface area contributed by atoms with Crippen LogP contribution in [0.2, 0.25) is 0 Å². The van der Waals surface area contributed by atoms with Gasteiger partial charge in [-0.2, -0.15) is 0 Å². The van der Waals surface area contributed by atoms with E-state index >= 15 is 0 Å². The maximum absolute atomic E-state index is 12.0. The lowest BCUT2D eigenvalue weighted by Gasteiger charge is -2.23. The Bertz CT molecular complexity index is 467. The molecule has 0 radical (unpaired) electrons. The molecular weight excluding hydrogens is 242 g/mol. The first-order valence-corrected chi connectivity index (χ1v) is 6.30. The number of carbonyl (C=O) groups excluding carboxylic acids is 1. The molecule has 19 heavy (non-hydrogen) atoms. The molecule has 0 unspecified atom stereocenters. The van der Waals surface area contributed by atoms with Crippen LogP contribution in [0.1, 0.15) is 51.9 Å². The minimum Gasteiger partial charge on any atom is -0.486 e. The molecule has 1 aromatic carbocycles. The quantitative estimate of drug-likeness (QED) is 0.657. The third kappa shape index (κ3) is 5.20. The van der Waals surface area contributed by atoms with Gasteiger partial charge < -0.3 is 15.2 Å². The van der Waals surface area contributed by atoms with Gasteiger partial charge in [0.2, 0.25) is 0 Å². The van der Waals surface area contributed by atoms with Crippen molar-refractivity contribution < 1.29 is 14.3 Å². The zero-order valence-corrected chi connectivity index (χ0v) is 12.5. The van der Waals surface area contributed by atoms with Crippen LogP contribution in [0.4, 0.5) is 5.69 Å². The number of hydrogen-bond donors (Lipinski definition) is 1. The van der Waals surface area contributed by atoms with Crippen molar-refractivity contribution in [1.29, 1.82) is 0 Å². The molecule has 0 aliphatic heterocycles. The van der Waals surface area contributed by atoms with Gasteiger partial charge in [-0.3, -0.25) is 0 Å². The van der Waals surface area contributed by atoms with Gasteiger partial charge >= 0.3 is 5.97 Å². The molecule has 0 amide bonds. The minimum atomic E-state index is -0.524. The topological polar surface area (TPSA) is 61.5 Å². The van der Waals surface area contributed by atoms with Crippen molar-refractivity contribution in [3.05, 3.63) is 23.8 Å². The van der Waals surface area contributed by atoms with Gasteiger partial charge in [-0.05, 0) is 59.7 Å². The fourth-order valence-corrected chi connectivity index (χ4v) is 1.42. The first-order valence-electron chi connectivity index (χ1n) is 6.30. The van der Waals surface area contributed by atoms with Crippen molar-refractivity contribution in [1.82, 2.24) is 0 Å². The number of nitrogens with two attached hydrogens (primary N) is 1. The summed E-state index contributed by atoms with van der Waals surface area (Å²) in [5.41, 5.74) is 5.88. The smallest absolute Gasteiger partial charge is 0.338 e. The predicted molar refractivity (Wildman–Crippen MR) is 76.4 cm³/mol. The maximum atomic E-state index is 12.0. The Morgan fingerprint density at radius 2 is 1.63 bits per heavy atom. The summed E-state index contributed by atoms with van der Waals surface area (Å²) in [5.74, 6) is 0.113. The van der Waals surface area contributed by atoms with E-state index in [1.165, 1.54) is 0 Å². The standard InChI is InChI=1S/C15H23NO3/c1-14(2,3)18-12-9-10(7-8-11(12)16)13(17)19-15(4,5)6/h7-9H,16H2,1-6H3. The van der Waals surface area contributed by atoms with Crippen molar-refractivity contribution in [3.8, 4) is 5.75 Å². The summed E-state index contributed by atoms with van der Waals surface area (Å²) >= 11 is 0. The van der Waals surface area contributed by atoms with Crippen molar-refractivity contribution in [2.24, 2.45) is 0 Å². The highest BCUT2D eigenvalue weighted by Crippen LogP contribution is 2.27. The lowest BCUT2D eigenvalue weighted by atomic mass is 10.1. The third-order valence-electron chi connectivity index (χ3n) is 2.06. The van der Waals surface area contributed by atoms with Crippen LogP contribution < -0.4 is 10.5 Å². The Labute approximate surface area is 114 Å². The molecule has 106 valence electrons. The van der Waals surface area contributed by atoms with E-state index in [4.69, 9.17) is 15.2 Å². The van der Waals surface area contributed by atoms with Gasteiger partial charge in [0.25, 0.3) is 0 Å². The molecule has 0 aliphatic carbocycles. The van der Waals surface area contributed by atoms with E-state index in [1.54, 1.807) is 18.2 Å². The molecule has 0 saturated carbocycles. The van der Waals surface area contributed by atoms with Crippen molar-refractivity contribution >= 4 is 11.7 Å². The molecule has 0 spiro atoms. The van der Waals surface area contributed by atoms with Crippen LogP contribution in [-0.4, -0.2) is 17.2 Å². The average molecular weight is 265 g/mol. The second-order valence-corrected chi connectivity index (χ2v) is 6.47. The molecule has 0 bridgehead atoms. The molecule has 1 aromatic rings. The van der Waals surface area contributed by atoms with Gasteiger partial charge in [-0.15, -0.1) is 0 Å². The summed E-state index contributed by atoms with van der Waals surface area (Å²) in [6, 6.07) is 4.91. The van der Waals surface area contributed by atoms with Gasteiger partial charge in [0, 0.05) is 0 Å². The minimum absolute atomic E-state index is 0.374. The number of nitrogen functional groups attached to an aromatic ring is 1. The van der Waals surface area contributed by atoms with E-state index in [1.807, 2.05) is 41.5 Å². The summed E-state index contributed by atoms with van der Waals surface area (Å²) in [5, 5.41) is 0. The van der Waals surface area contributed by atoms with E-state index in [2.05, 4.69) is 0 Å². The number of carbonyl (C=O) groups is 1. The number of rotatable bonds is 2. The van der Waals surface area contributed by atoms with Crippen LogP contribution in [-0.2, 0) is 4.74 Å². The largest absolute Gasteiger partial charge is 0.486 e. The second-order valence-electron chi connectivity index (χ2n) is 6.47. The van der Waals surface area contributed by atoms with Crippen molar-refractivity contribution in [3.63, 3.8) is 0 Å². The first kappa shape index (κ1) is 15.3. The molecule has 0 aromatic heterocycles. The van der Waals surface area contributed by atoms with Crippen LogP contribution in [0.15, 0.2) is 18.2 Å². The van der Waals surface area contributed by atoms with Gasteiger partial charge in [0.15, 0.2) is 0 Å². The Morgan fingerprint density at radius 3 is 2.11 bits per heavy atom. The molecular formula is C15H23NO3. The van der Waals surface area contributed by atoms with Crippen LogP contribution in [0.5, 0.6) is 5.75 Å². The maximum Gasteiger partial charge on any atom is 0.338 e. The molecule has 0 heterocycles. The Balaban J connectivity index is 2.99. The van der Waals surface area contributed by atoms with Crippen LogP contribution >= 0.6 is 0 Å². The number of ether oxygens (including phenoxy) is 2. The van der Waals surface area contributed by atoms with Crippen molar-refractivity contribution in [2.45, 2.75) is 52.7 Å². The molecule has 2 N–H and O–H groups in total. The Hall–Kier alpha value is -1.71. The monoisotopic (exact) mass is 265 g/mol. The highest BCUT2D eigenvalue weighted by molar-refractivity contribution is 5.91. The SMILES string of the molecule is CC(C)(C)OC(=O)c1ccc(N)c(OC(C)(C)C)c1. The van der Waals surface area contributed by atoms with Crippen molar-refractivity contribution in [2.75, 3.05) is 5.73 Å². The van der Waals surface area contributed by atoms with Gasteiger partial charge in [-0.1, -0.05) is 0 Å². The van der Waals surface area contributed by atoms with Crippen LogP contribution in [0.25, 0.3) is 0 Å². The Kier molecular flexibility index (Phi) is 4.13. The molecule has 1 rings (SSSR count). The summed E-state index contributed by atoms with van der Waals surface area (Å²) in [6.07, 6.45) is 0. The van der Waals surface area contributed by atoms with E-state index in [0.717, 1.165) is 0 Å². The number of esters is 1. The molecule has 0 aliphatic rings. The fraction of sp³-hybridized carbons (Fsp3) is 0.533. The lowest BCUT2D eigenvalue weighted by molar-refractivity contribution is 0.00684. The number of benzene rings is 1. The number of anilines is 1. The summed E-state index contributed by atoms with van der Waals surface area (Å²) in [7, 11) is 0. The van der Waals surface area contributed by atoms with Crippen LogP contribution in [0.3, 0.4) is 0 Å². The molecule has 4 heteroatoms. The summed E-state index contributed by atoms with van der Waals surface area (Å²) in [4.78, 5) is 12.0. The number of hydrogen-bond acceptors (Lipinski definition) is 4. The Morgan fingerprint density at radius 1 is 1.05 bits per heavy atom. The molecule has 0 fully saturated rings. The average Bonchev–Trinajstić information content (AvgIpc) is 2.16. The zero-order chi connectivity index (χ0) is 14.8. The summed E-state index contributed by atoms with van der Waals surface area (Å²) in [6.45, 7) is 11.3. The molecule has 0 atom stereocenters. The molecule has 0 saturated heterocycles. The highest BCUT2D eigenvalue weighted by atomic mass is 16.6. The predicted octanol–water partition coefficient (Wildman–Crippen LogP) is 3.40. The van der Waals surface area contributed by atoms with E-state index in [0.29, 0.717) is 17.0 Å². The second kappa shape index (κ2) is 5.11. The van der Waals surface area contributed by atoms with Gasteiger partial charge in [0.1, 0.15) is 17.0 Å². The van der Waals surface area contributed by atoms with E-state index in [-0.39, 0.29) is 11.6 Å². The third-order valence-corrected chi connectivity index (χ3v) is 2.06. The van der Waals surface area contributed by atoms with Gasteiger partial charge in [-0.25, -0.2) is 4.79 Å². The van der Waals surface area contributed by atoms with Crippen LogP contribution in [0, 0.1) is 0 Å². The van der Waals surface area contributed by atoms with E-state index in [9.17, 15) is 4.79 Å². The fourth-order valence-electron chi connectivity index (χ4n) is 1.42. The van der Waals surface area contributed by atoms with E-state index < -0.39 is 5.60 Å². The normalized spacial score (nSPS) is 12.1. The molecule has 4 nitrogen and oxygen atoms in total. The summed E-state index contributed by atoms with van der Waals surface area (Å²) < 4.78 is 11.0.